The van der Waals surface area contributed by atoms with Crippen LogP contribution >= 0.6 is 0 Å². The van der Waals surface area contributed by atoms with Gasteiger partial charge in [0.05, 0.1) is 12.7 Å². The van der Waals surface area contributed by atoms with E-state index in [1.807, 2.05) is 13.0 Å². The molecule has 1 aliphatic carbocycles. The Kier molecular flexibility index (Phi) is 4.53. The third kappa shape index (κ3) is 3.12. The summed E-state index contributed by atoms with van der Waals surface area (Å²) in [6.07, 6.45) is 3.78. The molecule has 8 heteroatoms. The maximum atomic E-state index is 12.5. The van der Waals surface area contributed by atoms with Gasteiger partial charge in [0.15, 0.2) is 0 Å². The van der Waals surface area contributed by atoms with Gasteiger partial charge in [-0.1, -0.05) is 6.92 Å². The van der Waals surface area contributed by atoms with Crippen molar-refractivity contribution in [2.24, 2.45) is 0 Å². The molecule has 1 saturated heterocycles. The molecule has 3 rings (SSSR count). The molecule has 1 aliphatic heterocycles. The van der Waals surface area contributed by atoms with E-state index in [0.29, 0.717) is 19.7 Å². The molecule has 0 aromatic carbocycles. The van der Waals surface area contributed by atoms with Crippen LogP contribution in [0.4, 0.5) is 0 Å². The molecule has 2 aliphatic rings. The Morgan fingerprint density at radius 2 is 2.17 bits per heavy atom. The lowest BCUT2D eigenvalue weighted by atomic mass is 10.2. The second-order valence-corrected chi connectivity index (χ2v) is 6.21. The first-order valence-electron chi connectivity index (χ1n) is 8.20. The van der Waals surface area contributed by atoms with E-state index in [4.69, 9.17) is 10.00 Å². The summed E-state index contributed by atoms with van der Waals surface area (Å²) >= 11 is 0. The molecular formula is C16H20N4O4. The summed E-state index contributed by atoms with van der Waals surface area (Å²) in [6.45, 7) is 2.99. The Hall–Kier alpha value is -2.40. The largest absolute Gasteiger partial charge is 0.375 e. The van der Waals surface area contributed by atoms with Crippen molar-refractivity contribution < 1.29 is 9.53 Å². The normalized spacial score (nSPS) is 20.7. The monoisotopic (exact) mass is 332 g/mol. The quantitative estimate of drug-likeness (QED) is 0.764. The van der Waals surface area contributed by atoms with Gasteiger partial charge in [-0.25, -0.2) is 9.36 Å². The Morgan fingerprint density at radius 1 is 1.42 bits per heavy atom. The Balaban J connectivity index is 1.88. The molecular weight excluding hydrogens is 312 g/mol. The van der Waals surface area contributed by atoms with E-state index in [1.54, 1.807) is 4.90 Å². The highest BCUT2D eigenvalue weighted by molar-refractivity contribution is 5.76. The number of morpholine rings is 1. The van der Waals surface area contributed by atoms with Gasteiger partial charge in [-0.05, 0) is 19.3 Å². The predicted molar refractivity (Wildman–Crippen MR) is 84.6 cm³/mol. The third-order valence-electron chi connectivity index (χ3n) is 4.50. The summed E-state index contributed by atoms with van der Waals surface area (Å²) in [4.78, 5) is 38.9. The molecule has 2 fully saturated rings. The molecule has 0 radical (unpaired) electrons. The fraction of sp³-hybridized carbons (Fsp3) is 0.625. The van der Waals surface area contributed by atoms with E-state index in [2.05, 4.69) is 0 Å². The van der Waals surface area contributed by atoms with Crippen LogP contribution in [0.15, 0.2) is 15.8 Å². The Morgan fingerprint density at radius 3 is 2.79 bits per heavy atom. The van der Waals surface area contributed by atoms with Crippen molar-refractivity contribution in [1.29, 1.82) is 5.26 Å². The van der Waals surface area contributed by atoms with Gasteiger partial charge in [0.1, 0.15) is 18.2 Å². The van der Waals surface area contributed by atoms with Crippen LogP contribution in [0.25, 0.3) is 0 Å². The first-order valence-corrected chi connectivity index (χ1v) is 8.20. The van der Waals surface area contributed by atoms with Gasteiger partial charge in [0.25, 0.3) is 5.56 Å². The summed E-state index contributed by atoms with van der Waals surface area (Å²) in [5.41, 5.74) is -1.33. The van der Waals surface area contributed by atoms with E-state index < -0.39 is 11.2 Å². The average Bonchev–Trinajstić information content (AvgIpc) is 3.43. The minimum absolute atomic E-state index is 0.0204. The molecule has 1 aromatic rings. The molecule has 0 spiro atoms. The van der Waals surface area contributed by atoms with Crippen molar-refractivity contribution in [2.45, 2.75) is 44.9 Å². The molecule has 1 atom stereocenters. The minimum atomic E-state index is -0.701. The van der Waals surface area contributed by atoms with Crippen molar-refractivity contribution in [1.82, 2.24) is 14.0 Å². The van der Waals surface area contributed by atoms with Gasteiger partial charge in [0, 0.05) is 25.3 Å². The topological polar surface area (TPSA) is 97.3 Å². The number of nitriles is 1. The van der Waals surface area contributed by atoms with Crippen LogP contribution in [0.5, 0.6) is 0 Å². The highest BCUT2D eigenvalue weighted by atomic mass is 16.5. The van der Waals surface area contributed by atoms with Gasteiger partial charge in [-0.15, -0.1) is 0 Å². The Labute approximate surface area is 138 Å². The smallest absolute Gasteiger partial charge is 0.331 e. The van der Waals surface area contributed by atoms with Crippen molar-refractivity contribution in [3.63, 3.8) is 0 Å². The number of ether oxygens (including phenoxy) is 1. The molecule has 8 nitrogen and oxygen atoms in total. The van der Waals surface area contributed by atoms with E-state index in [-0.39, 0.29) is 30.2 Å². The van der Waals surface area contributed by atoms with Gasteiger partial charge in [0.2, 0.25) is 5.91 Å². The van der Waals surface area contributed by atoms with Gasteiger partial charge in [-0.2, -0.15) is 5.26 Å². The van der Waals surface area contributed by atoms with Crippen molar-refractivity contribution >= 4 is 5.91 Å². The third-order valence-corrected chi connectivity index (χ3v) is 4.50. The first-order chi connectivity index (χ1) is 11.5. The molecule has 0 bridgehead atoms. The van der Waals surface area contributed by atoms with E-state index in [0.717, 1.165) is 23.8 Å². The molecule has 0 N–H and O–H groups in total. The molecule has 1 aromatic heterocycles. The van der Waals surface area contributed by atoms with Crippen molar-refractivity contribution in [3.8, 4) is 6.07 Å². The number of hydrogen-bond acceptors (Lipinski definition) is 5. The maximum Gasteiger partial charge on any atom is 0.331 e. The van der Waals surface area contributed by atoms with Crippen LogP contribution in [0.1, 0.15) is 37.8 Å². The van der Waals surface area contributed by atoms with Gasteiger partial charge < -0.3 is 9.64 Å². The zero-order valence-electron chi connectivity index (χ0n) is 13.6. The lowest BCUT2D eigenvalue weighted by Crippen LogP contribution is -2.49. The number of aromatic nitrogens is 2. The summed E-state index contributed by atoms with van der Waals surface area (Å²) in [7, 11) is 0. The SMILES string of the molecule is CCC1CN(C(=O)Cn2c(=O)c(C#N)cn(C3CC3)c2=O)CCO1. The number of nitrogens with zero attached hydrogens (tertiary/aromatic N) is 4. The number of carbonyl (C=O) groups is 1. The Bertz CT molecular complexity index is 800. The molecule has 128 valence electrons. The van der Waals surface area contributed by atoms with Crippen LogP contribution in [0, 0.1) is 11.3 Å². The molecule has 24 heavy (non-hydrogen) atoms. The lowest BCUT2D eigenvalue weighted by Gasteiger charge is -2.32. The zero-order chi connectivity index (χ0) is 17.3. The standard InChI is InChI=1S/C16H20N4O4/c1-2-13-9-18(5-6-24-13)14(21)10-20-15(22)11(7-17)8-19(16(20)23)12-3-4-12/h8,12-13H,2-6,9-10H2,1H3. The fourth-order valence-corrected chi connectivity index (χ4v) is 2.88. The van der Waals surface area contributed by atoms with Crippen molar-refractivity contribution in [2.75, 3.05) is 19.7 Å². The zero-order valence-corrected chi connectivity index (χ0v) is 13.6. The summed E-state index contributed by atoms with van der Waals surface area (Å²) in [5.74, 6) is -0.298. The van der Waals surface area contributed by atoms with E-state index in [1.165, 1.54) is 10.8 Å². The fourth-order valence-electron chi connectivity index (χ4n) is 2.88. The highest BCUT2D eigenvalue weighted by Crippen LogP contribution is 2.33. The highest BCUT2D eigenvalue weighted by Gasteiger charge is 2.28. The van der Waals surface area contributed by atoms with Crippen LogP contribution in [0.3, 0.4) is 0 Å². The van der Waals surface area contributed by atoms with Crippen LogP contribution in [-0.4, -0.2) is 45.7 Å². The van der Waals surface area contributed by atoms with Crippen LogP contribution in [-0.2, 0) is 16.1 Å². The van der Waals surface area contributed by atoms with E-state index >= 15 is 0 Å². The summed E-state index contributed by atoms with van der Waals surface area (Å²) in [6, 6.07) is 1.84. The van der Waals surface area contributed by atoms with Gasteiger partial charge >= 0.3 is 5.69 Å². The molecule has 2 heterocycles. The summed E-state index contributed by atoms with van der Waals surface area (Å²) < 4.78 is 7.82. The number of rotatable bonds is 4. The number of carbonyl (C=O) groups excluding carboxylic acids is 1. The second kappa shape index (κ2) is 6.61. The van der Waals surface area contributed by atoms with Crippen LogP contribution in [0.2, 0.25) is 0 Å². The van der Waals surface area contributed by atoms with Crippen molar-refractivity contribution in [3.05, 3.63) is 32.6 Å². The lowest BCUT2D eigenvalue weighted by molar-refractivity contribution is -0.139. The summed E-state index contributed by atoms with van der Waals surface area (Å²) in [5, 5.41) is 9.12. The predicted octanol–water partition coefficient (Wildman–Crippen LogP) is -0.146. The molecule has 1 unspecified atom stereocenters. The minimum Gasteiger partial charge on any atom is -0.375 e. The molecule has 1 amide bonds. The van der Waals surface area contributed by atoms with E-state index in [9.17, 15) is 14.4 Å². The van der Waals surface area contributed by atoms with Crippen LogP contribution < -0.4 is 11.2 Å². The second-order valence-electron chi connectivity index (χ2n) is 6.21. The maximum absolute atomic E-state index is 12.5. The molecule has 1 saturated carbocycles. The average molecular weight is 332 g/mol. The first kappa shape index (κ1) is 16.5. The number of hydrogen-bond donors (Lipinski definition) is 0. The number of amides is 1. The van der Waals surface area contributed by atoms with Gasteiger partial charge in [-0.3, -0.25) is 14.2 Å².